The summed E-state index contributed by atoms with van der Waals surface area (Å²) in [6.07, 6.45) is 3.99. The zero-order valence-corrected chi connectivity index (χ0v) is 11.1. The minimum atomic E-state index is 0.766. The first-order valence-electron chi connectivity index (χ1n) is 6.43. The molecule has 1 atom stereocenters. The van der Waals surface area contributed by atoms with Crippen molar-refractivity contribution < 1.29 is 4.74 Å². The molecule has 0 amide bonds. The van der Waals surface area contributed by atoms with E-state index < -0.39 is 0 Å². The maximum Gasteiger partial charge on any atom is 0.0589 e. The molecule has 2 aliphatic heterocycles. The predicted molar refractivity (Wildman–Crippen MR) is 70.2 cm³/mol. The molecule has 0 bridgehead atoms. The number of ether oxygens (including phenoxy) is 1. The summed E-state index contributed by atoms with van der Waals surface area (Å²) in [6, 6.07) is 1.56. The molecular weight excluding hydrogens is 220 g/mol. The molecule has 2 aliphatic rings. The topological polar surface area (TPSA) is 24.5 Å². The van der Waals surface area contributed by atoms with Crippen LogP contribution in [0.1, 0.15) is 19.3 Å². The van der Waals surface area contributed by atoms with E-state index in [2.05, 4.69) is 22.0 Å². The maximum absolute atomic E-state index is 5.12. The molecule has 94 valence electrons. The molecule has 2 saturated heterocycles. The highest BCUT2D eigenvalue weighted by molar-refractivity contribution is 7.99. The molecule has 0 saturated carbocycles. The lowest BCUT2D eigenvalue weighted by Crippen LogP contribution is -2.46. The van der Waals surface area contributed by atoms with Gasteiger partial charge >= 0.3 is 0 Å². The number of rotatable bonds is 5. The van der Waals surface area contributed by atoms with Crippen molar-refractivity contribution in [1.29, 1.82) is 0 Å². The molecule has 2 rings (SSSR count). The summed E-state index contributed by atoms with van der Waals surface area (Å²) in [5.41, 5.74) is 0. The summed E-state index contributed by atoms with van der Waals surface area (Å²) < 4.78 is 5.12. The van der Waals surface area contributed by atoms with E-state index in [-0.39, 0.29) is 0 Å². The molecule has 2 heterocycles. The molecule has 1 N–H and O–H groups in total. The van der Waals surface area contributed by atoms with Gasteiger partial charge in [-0.15, -0.1) is 0 Å². The van der Waals surface area contributed by atoms with Crippen molar-refractivity contribution >= 4 is 11.8 Å². The van der Waals surface area contributed by atoms with E-state index in [1.54, 1.807) is 7.11 Å². The number of piperidine rings is 1. The molecule has 16 heavy (non-hydrogen) atoms. The molecule has 0 aromatic heterocycles. The highest BCUT2D eigenvalue weighted by atomic mass is 32.2. The van der Waals surface area contributed by atoms with E-state index in [1.165, 1.54) is 43.9 Å². The molecule has 4 heteroatoms. The Balaban J connectivity index is 1.60. The molecule has 0 aromatic carbocycles. The number of nitrogens with one attached hydrogen (secondary N) is 1. The summed E-state index contributed by atoms with van der Waals surface area (Å²) >= 11 is 2.09. The van der Waals surface area contributed by atoms with Gasteiger partial charge in [0, 0.05) is 31.5 Å². The van der Waals surface area contributed by atoms with Crippen LogP contribution in [0.3, 0.4) is 0 Å². The lowest BCUT2D eigenvalue weighted by atomic mass is 10.0. The van der Waals surface area contributed by atoms with Crippen molar-refractivity contribution in [2.45, 2.75) is 31.3 Å². The summed E-state index contributed by atoms with van der Waals surface area (Å²) in [5.74, 6) is 2.67. The predicted octanol–water partition coefficient (Wildman–Crippen LogP) is 1.19. The summed E-state index contributed by atoms with van der Waals surface area (Å²) in [5, 5.41) is 3.82. The van der Waals surface area contributed by atoms with E-state index >= 15 is 0 Å². The monoisotopic (exact) mass is 244 g/mol. The summed E-state index contributed by atoms with van der Waals surface area (Å²) in [7, 11) is 1.78. The smallest absolute Gasteiger partial charge is 0.0589 e. The first-order chi connectivity index (χ1) is 7.88. The van der Waals surface area contributed by atoms with Gasteiger partial charge in [0.2, 0.25) is 0 Å². The Morgan fingerprint density at radius 1 is 1.25 bits per heavy atom. The zero-order chi connectivity index (χ0) is 11.2. The van der Waals surface area contributed by atoms with E-state index in [0.29, 0.717) is 0 Å². The molecular formula is C12H24N2OS. The fourth-order valence-electron chi connectivity index (χ4n) is 2.54. The average Bonchev–Trinajstić information content (AvgIpc) is 2.81. The number of hydrogen-bond donors (Lipinski definition) is 1. The maximum atomic E-state index is 5.12. The van der Waals surface area contributed by atoms with Crippen molar-refractivity contribution in [3.8, 4) is 0 Å². The Labute approximate surface area is 103 Å². The fourth-order valence-corrected chi connectivity index (χ4v) is 3.71. The zero-order valence-electron chi connectivity index (χ0n) is 10.3. The van der Waals surface area contributed by atoms with Crippen LogP contribution in [-0.2, 0) is 4.74 Å². The van der Waals surface area contributed by atoms with Crippen molar-refractivity contribution in [1.82, 2.24) is 10.2 Å². The van der Waals surface area contributed by atoms with Crippen LogP contribution in [0.4, 0.5) is 0 Å². The van der Waals surface area contributed by atoms with Gasteiger partial charge in [-0.2, -0.15) is 11.8 Å². The number of likely N-dealkylation sites (tertiary alicyclic amines) is 1. The van der Waals surface area contributed by atoms with E-state index in [0.717, 1.165) is 25.2 Å². The van der Waals surface area contributed by atoms with Gasteiger partial charge < -0.3 is 15.0 Å². The van der Waals surface area contributed by atoms with Crippen LogP contribution in [-0.4, -0.2) is 61.8 Å². The molecule has 0 spiro atoms. The molecule has 0 aromatic rings. The Hall–Kier alpha value is 0.230. The van der Waals surface area contributed by atoms with E-state index in [4.69, 9.17) is 4.74 Å². The van der Waals surface area contributed by atoms with Crippen LogP contribution >= 0.6 is 11.8 Å². The summed E-state index contributed by atoms with van der Waals surface area (Å²) in [6.45, 7) is 4.45. The Morgan fingerprint density at radius 2 is 2.06 bits per heavy atom. The standard InChI is InChI=1S/C12H24N2OS/c1-15-8-7-14-5-2-11(3-6-14)13-12-4-9-16-10-12/h11-13H,2-10H2,1H3. The van der Waals surface area contributed by atoms with Gasteiger partial charge in [-0.3, -0.25) is 0 Å². The molecule has 2 fully saturated rings. The van der Waals surface area contributed by atoms with Crippen LogP contribution in [0.2, 0.25) is 0 Å². The highest BCUT2D eigenvalue weighted by Gasteiger charge is 2.23. The van der Waals surface area contributed by atoms with E-state index in [1.807, 2.05) is 0 Å². The Morgan fingerprint density at radius 3 is 2.69 bits per heavy atom. The second-order valence-electron chi connectivity index (χ2n) is 4.84. The number of hydrogen-bond acceptors (Lipinski definition) is 4. The molecule has 0 aliphatic carbocycles. The lowest BCUT2D eigenvalue weighted by molar-refractivity contribution is 0.124. The number of thioether (sulfide) groups is 1. The second-order valence-corrected chi connectivity index (χ2v) is 5.99. The molecule has 3 nitrogen and oxygen atoms in total. The van der Waals surface area contributed by atoms with Crippen molar-refractivity contribution in [2.24, 2.45) is 0 Å². The lowest BCUT2D eigenvalue weighted by Gasteiger charge is -2.33. The van der Waals surface area contributed by atoms with Gasteiger partial charge in [-0.25, -0.2) is 0 Å². The average molecular weight is 244 g/mol. The normalized spacial score (nSPS) is 28.7. The largest absolute Gasteiger partial charge is 0.383 e. The van der Waals surface area contributed by atoms with Gasteiger partial charge in [-0.1, -0.05) is 0 Å². The van der Waals surface area contributed by atoms with Crippen molar-refractivity contribution in [3.05, 3.63) is 0 Å². The van der Waals surface area contributed by atoms with Gasteiger partial charge in [0.25, 0.3) is 0 Å². The van der Waals surface area contributed by atoms with E-state index in [9.17, 15) is 0 Å². The van der Waals surface area contributed by atoms with Gasteiger partial charge in [-0.05, 0) is 38.1 Å². The van der Waals surface area contributed by atoms with Gasteiger partial charge in [0.15, 0.2) is 0 Å². The van der Waals surface area contributed by atoms with Gasteiger partial charge in [0.1, 0.15) is 0 Å². The van der Waals surface area contributed by atoms with Crippen LogP contribution in [0.5, 0.6) is 0 Å². The van der Waals surface area contributed by atoms with Crippen LogP contribution < -0.4 is 5.32 Å². The van der Waals surface area contributed by atoms with Crippen LogP contribution in [0, 0.1) is 0 Å². The minimum Gasteiger partial charge on any atom is -0.383 e. The minimum absolute atomic E-state index is 0.766. The van der Waals surface area contributed by atoms with Crippen LogP contribution in [0.15, 0.2) is 0 Å². The van der Waals surface area contributed by atoms with Crippen molar-refractivity contribution in [2.75, 3.05) is 44.9 Å². The fraction of sp³-hybridized carbons (Fsp3) is 1.00. The summed E-state index contributed by atoms with van der Waals surface area (Å²) in [4.78, 5) is 2.52. The number of nitrogens with zero attached hydrogens (tertiary/aromatic N) is 1. The van der Waals surface area contributed by atoms with Crippen LogP contribution in [0.25, 0.3) is 0 Å². The molecule has 0 radical (unpaired) electrons. The first-order valence-corrected chi connectivity index (χ1v) is 7.59. The third kappa shape index (κ3) is 3.91. The first kappa shape index (κ1) is 12.7. The Kier molecular flexibility index (Phi) is 5.42. The second kappa shape index (κ2) is 6.84. The Bertz CT molecular complexity index is 189. The van der Waals surface area contributed by atoms with Gasteiger partial charge in [0.05, 0.1) is 6.61 Å². The molecule has 1 unspecified atom stereocenters. The highest BCUT2D eigenvalue weighted by Crippen LogP contribution is 2.19. The third-order valence-corrected chi connectivity index (χ3v) is 4.76. The third-order valence-electron chi connectivity index (χ3n) is 3.60. The quantitative estimate of drug-likeness (QED) is 0.785. The SMILES string of the molecule is COCCN1CCC(NC2CCSC2)CC1. The van der Waals surface area contributed by atoms with Crippen molar-refractivity contribution in [3.63, 3.8) is 0 Å². The number of methoxy groups -OCH3 is 1.